The molecule has 4 rings (SSSR count). The van der Waals surface area contributed by atoms with Crippen LogP contribution in [0.2, 0.25) is 0 Å². The van der Waals surface area contributed by atoms with Gasteiger partial charge in [0.05, 0.1) is 16.3 Å². The first-order valence-corrected chi connectivity index (χ1v) is 8.40. The average molecular weight is 346 g/mol. The molecule has 6 nitrogen and oxygen atoms in total. The minimum absolute atomic E-state index is 0.0242. The number of guanidine groups is 1. The van der Waals surface area contributed by atoms with Crippen LogP contribution in [0.15, 0.2) is 59.6 Å². The van der Waals surface area contributed by atoms with Crippen molar-refractivity contribution in [2.45, 2.75) is 12.8 Å². The first kappa shape index (κ1) is 16.1. The molecule has 0 unspecified atom stereocenters. The van der Waals surface area contributed by atoms with E-state index in [0.717, 1.165) is 18.5 Å². The van der Waals surface area contributed by atoms with Gasteiger partial charge >= 0.3 is 0 Å². The van der Waals surface area contributed by atoms with Crippen LogP contribution in [0.1, 0.15) is 11.1 Å². The van der Waals surface area contributed by atoms with Gasteiger partial charge in [0.25, 0.3) is 5.69 Å². The topological polar surface area (TPSA) is 84.8 Å². The quantitative estimate of drug-likeness (QED) is 0.337. The van der Waals surface area contributed by atoms with Crippen molar-refractivity contribution in [3.8, 4) is 0 Å². The van der Waals surface area contributed by atoms with Crippen molar-refractivity contribution in [2.24, 2.45) is 10.7 Å². The number of nitrogens with zero attached hydrogens (tertiary/aromatic N) is 3. The minimum atomic E-state index is -0.420. The Labute approximate surface area is 150 Å². The number of aliphatic imine (C=N–C) groups is 1. The van der Waals surface area contributed by atoms with Crippen LogP contribution in [0, 0.1) is 10.1 Å². The highest BCUT2D eigenvalue weighted by atomic mass is 16.6. The Hall–Kier alpha value is -3.41. The molecule has 0 aliphatic heterocycles. The van der Waals surface area contributed by atoms with Gasteiger partial charge in [0.2, 0.25) is 5.96 Å². The second kappa shape index (κ2) is 6.15. The van der Waals surface area contributed by atoms with Gasteiger partial charge in [-0.15, -0.1) is 0 Å². The molecule has 0 amide bonds. The summed E-state index contributed by atoms with van der Waals surface area (Å²) in [6.45, 7) is 0. The molecule has 3 aromatic rings. The minimum Gasteiger partial charge on any atom is -0.369 e. The van der Waals surface area contributed by atoms with E-state index in [2.05, 4.69) is 29.3 Å². The molecule has 0 bridgehead atoms. The largest absolute Gasteiger partial charge is 0.369 e. The number of anilines is 1. The number of nitro groups is 1. The van der Waals surface area contributed by atoms with Crippen LogP contribution < -0.4 is 10.6 Å². The van der Waals surface area contributed by atoms with E-state index in [1.165, 1.54) is 34.0 Å². The summed E-state index contributed by atoms with van der Waals surface area (Å²) >= 11 is 0. The second-order valence-electron chi connectivity index (χ2n) is 6.38. The van der Waals surface area contributed by atoms with Gasteiger partial charge in [-0.25, -0.2) is 4.99 Å². The molecule has 0 spiro atoms. The fourth-order valence-electron chi connectivity index (χ4n) is 3.50. The highest BCUT2D eigenvalue weighted by Crippen LogP contribution is 2.37. The van der Waals surface area contributed by atoms with Crippen molar-refractivity contribution in [3.63, 3.8) is 0 Å². The fourth-order valence-corrected chi connectivity index (χ4v) is 3.50. The predicted octanol–water partition coefficient (Wildman–Crippen LogP) is 3.93. The number of nitro benzene ring substituents is 1. The molecule has 130 valence electrons. The summed E-state index contributed by atoms with van der Waals surface area (Å²) in [5, 5.41) is 13.5. The lowest BCUT2D eigenvalue weighted by Gasteiger charge is -2.18. The Morgan fingerprint density at radius 2 is 1.96 bits per heavy atom. The van der Waals surface area contributed by atoms with Crippen molar-refractivity contribution in [1.29, 1.82) is 0 Å². The lowest BCUT2D eigenvalue weighted by molar-refractivity contribution is -0.384. The van der Waals surface area contributed by atoms with Crippen LogP contribution in [0.4, 0.5) is 17.1 Å². The number of non-ortho nitro benzene ring substituents is 1. The molecule has 0 aromatic heterocycles. The van der Waals surface area contributed by atoms with Gasteiger partial charge in [0.15, 0.2) is 0 Å². The molecule has 26 heavy (non-hydrogen) atoms. The van der Waals surface area contributed by atoms with Gasteiger partial charge < -0.3 is 10.6 Å². The molecule has 3 aromatic carbocycles. The maximum absolute atomic E-state index is 11.0. The number of hydrogen-bond acceptors (Lipinski definition) is 3. The van der Waals surface area contributed by atoms with Crippen molar-refractivity contribution >= 4 is 33.8 Å². The van der Waals surface area contributed by atoms with Crippen LogP contribution >= 0.6 is 0 Å². The van der Waals surface area contributed by atoms with Crippen molar-refractivity contribution < 1.29 is 4.92 Å². The van der Waals surface area contributed by atoms with E-state index in [0.29, 0.717) is 11.6 Å². The molecule has 0 saturated heterocycles. The Morgan fingerprint density at radius 3 is 2.77 bits per heavy atom. The van der Waals surface area contributed by atoms with E-state index in [1.807, 2.05) is 6.07 Å². The first-order valence-electron chi connectivity index (χ1n) is 8.40. The summed E-state index contributed by atoms with van der Waals surface area (Å²) < 4.78 is 0. The standard InChI is InChI=1S/C20H18N4O2/c1-23(15-6-3-7-16(12-15)24(25)26)20(21)22-18-11-9-14-5-2-4-13-8-10-17(18)19(13)14/h2-7,9,11-12H,8,10H2,1H3,(H2,21,22). The van der Waals surface area contributed by atoms with Gasteiger partial charge in [0, 0.05) is 19.2 Å². The molecular formula is C20H18N4O2. The van der Waals surface area contributed by atoms with E-state index in [-0.39, 0.29) is 5.69 Å². The summed E-state index contributed by atoms with van der Waals surface area (Å²) in [5.74, 6) is 0.297. The van der Waals surface area contributed by atoms with Gasteiger partial charge in [-0.1, -0.05) is 30.3 Å². The molecule has 6 heteroatoms. The number of benzene rings is 3. The van der Waals surface area contributed by atoms with E-state index >= 15 is 0 Å². The molecule has 1 aliphatic rings. The van der Waals surface area contributed by atoms with Gasteiger partial charge in [0.1, 0.15) is 0 Å². The van der Waals surface area contributed by atoms with Crippen molar-refractivity contribution in [1.82, 2.24) is 0 Å². The summed E-state index contributed by atoms with van der Waals surface area (Å²) in [7, 11) is 1.75. The molecule has 0 saturated carbocycles. The summed E-state index contributed by atoms with van der Waals surface area (Å²) in [4.78, 5) is 16.8. The lowest BCUT2D eigenvalue weighted by Crippen LogP contribution is -2.33. The molecule has 0 radical (unpaired) electrons. The molecule has 2 N–H and O–H groups in total. The van der Waals surface area contributed by atoms with Crippen LogP contribution in [-0.2, 0) is 12.8 Å². The SMILES string of the molecule is CN(C(N)=Nc1ccc2cccc3c2c1CC3)c1cccc([N+](=O)[O-])c1. The smallest absolute Gasteiger partial charge is 0.271 e. The monoisotopic (exact) mass is 346 g/mol. The normalized spacial score (nSPS) is 13.2. The number of aryl methyl sites for hydroxylation is 2. The second-order valence-corrected chi connectivity index (χ2v) is 6.38. The van der Waals surface area contributed by atoms with Gasteiger partial charge in [-0.3, -0.25) is 10.1 Å². The molecular weight excluding hydrogens is 328 g/mol. The zero-order valence-corrected chi connectivity index (χ0v) is 14.3. The maximum atomic E-state index is 11.0. The van der Waals surface area contributed by atoms with Gasteiger partial charge in [-0.2, -0.15) is 0 Å². The Balaban J connectivity index is 1.72. The summed E-state index contributed by atoms with van der Waals surface area (Å²) in [5.41, 5.74) is 10.3. The Bertz CT molecular complexity index is 1060. The van der Waals surface area contributed by atoms with Crippen LogP contribution in [0.5, 0.6) is 0 Å². The van der Waals surface area contributed by atoms with Crippen LogP contribution in [-0.4, -0.2) is 17.9 Å². The van der Waals surface area contributed by atoms with Crippen LogP contribution in [0.3, 0.4) is 0 Å². The average Bonchev–Trinajstić information content (AvgIpc) is 3.09. The van der Waals surface area contributed by atoms with Crippen molar-refractivity contribution in [2.75, 3.05) is 11.9 Å². The molecule has 1 aliphatic carbocycles. The predicted molar refractivity (Wildman–Crippen MR) is 104 cm³/mol. The van der Waals surface area contributed by atoms with Crippen LogP contribution in [0.25, 0.3) is 10.8 Å². The van der Waals surface area contributed by atoms with E-state index in [9.17, 15) is 10.1 Å². The molecule has 0 atom stereocenters. The number of rotatable bonds is 3. The maximum Gasteiger partial charge on any atom is 0.271 e. The highest BCUT2D eigenvalue weighted by molar-refractivity contribution is 5.99. The fraction of sp³-hybridized carbons (Fsp3) is 0.150. The first-order chi connectivity index (χ1) is 12.5. The third kappa shape index (κ3) is 2.65. The summed E-state index contributed by atoms with van der Waals surface area (Å²) in [6.07, 6.45) is 1.96. The summed E-state index contributed by atoms with van der Waals surface area (Å²) in [6, 6.07) is 16.8. The highest BCUT2D eigenvalue weighted by Gasteiger charge is 2.18. The van der Waals surface area contributed by atoms with E-state index in [4.69, 9.17) is 5.73 Å². The van der Waals surface area contributed by atoms with E-state index < -0.39 is 4.92 Å². The molecule has 0 heterocycles. The third-order valence-electron chi connectivity index (χ3n) is 4.87. The number of nitrogens with two attached hydrogens (primary N) is 1. The van der Waals surface area contributed by atoms with Crippen molar-refractivity contribution in [3.05, 3.63) is 75.8 Å². The third-order valence-corrected chi connectivity index (χ3v) is 4.87. The van der Waals surface area contributed by atoms with Gasteiger partial charge in [-0.05, 0) is 46.9 Å². The Kier molecular flexibility index (Phi) is 3.80. The Morgan fingerprint density at radius 1 is 1.15 bits per heavy atom. The number of hydrogen-bond donors (Lipinski definition) is 1. The zero-order valence-electron chi connectivity index (χ0n) is 14.3. The van der Waals surface area contributed by atoms with E-state index in [1.54, 1.807) is 24.1 Å². The lowest BCUT2D eigenvalue weighted by atomic mass is 10.0. The zero-order chi connectivity index (χ0) is 18.3. The molecule has 0 fully saturated rings.